The van der Waals surface area contributed by atoms with Crippen molar-refractivity contribution in [2.24, 2.45) is 0 Å². The third-order valence-corrected chi connectivity index (χ3v) is 3.49. The van der Waals surface area contributed by atoms with Crippen molar-refractivity contribution >= 4 is 33.4 Å². The average Bonchev–Trinajstić information content (AvgIpc) is 2.71. The van der Waals surface area contributed by atoms with Gasteiger partial charge in [0.15, 0.2) is 3.92 Å². The van der Waals surface area contributed by atoms with Gasteiger partial charge >= 0.3 is 6.16 Å². The second-order valence-electron chi connectivity index (χ2n) is 3.02. The molecular weight excluding hydrogens is 306 g/mol. The molecule has 2 aromatic rings. The first-order chi connectivity index (χ1) is 8.20. The molecule has 0 aliphatic heterocycles. The number of methoxy groups -OCH3 is 1. The molecule has 88 valence electrons. The summed E-state index contributed by atoms with van der Waals surface area (Å²) < 4.78 is 10.1. The van der Waals surface area contributed by atoms with Gasteiger partial charge in [-0.1, -0.05) is 30.3 Å². The van der Waals surface area contributed by atoms with Gasteiger partial charge in [-0.25, -0.2) is 4.79 Å². The van der Waals surface area contributed by atoms with E-state index in [4.69, 9.17) is 4.74 Å². The van der Waals surface area contributed by atoms with Crippen LogP contribution in [0.5, 0.6) is 5.88 Å². The summed E-state index contributed by atoms with van der Waals surface area (Å²) in [5.74, 6) is 0.250. The van der Waals surface area contributed by atoms with Crippen LogP contribution in [0.15, 0.2) is 34.2 Å². The topological polar surface area (TPSA) is 48.4 Å². The van der Waals surface area contributed by atoms with Crippen molar-refractivity contribution in [3.63, 3.8) is 0 Å². The van der Waals surface area contributed by atoms with Crippen LogP contribution < -0.4 is 4.74 Å². The highest BCUT2D eigenvalue weighted by atomic mass is 79.9. The summed E-state index contributed by atoms with van der Waals surface area (Å²) >= 11 is 4.66. The number of rotatable bonds is 2. The second kappa shape index (κ2) is 5.29. The smallest absolute Gasteiger partial charge is 0.437 e. The molecule has 0 fully saturated rings. The number of carbonyl (C=O) groups is 1. The SMILES string of the molecule is COC(=O)Oc1nc(Br)sc1-c1ccccc1. The molecule has 1 aromatic carbocycles. The molecule has 17 heavy (non-hydrogen) atoms. The van der Waals surface area contributed by atoms with Gasteiger partial charge in [0.05, 0.1) is 12.0 Å². The molecule has 1 heterocycles. The zero-order chi connectivity index (χ0) is 12.3. The molecule has 1 aromatic heterocycles. The van der Waals surface area contributed by atoms with E-state index in [1.807, 2.05) is 30.3 Å². The van der Waals surface area contributed by atoms with E-state index in [1.165, 1.54) is 18.4 Å². The van der Waals surface area contributed by atoms with Gasteiger partial charge in [-0.2, -0.15) is 4.98 Å². The summed E-state index contributed by atoms with van der Waals surface area (Å²) in [4.78, 5) is 15.9. The van der Waals surface area contributed by atoms with Crippen molar-refractivity contribution in [1.82, 2.24) is 4.98 Å². The summed E-state index contributed by atoms with van der Waals surface area (Å²) in [6, 6.07) is 9.57. The molecule has 0 amide bonds. The predicted octanol–water partition coefficient (Wildman–Crippen LogP) is 3.72. The number of carbonyl (C=O) groups excluding carboxylic acids is 1. The number of ether oxygens (including phenoxy) is 2. The maximum Gasteiger partial charge on any atom is 0.514 e. The minimum absolute atomic E-state index is 0.250. The minimum atomic E-state index is -0.778. The molecule has 0 saturated carbocycles. The lowest BCUT2D eigenvalue weighted by Gasteiger charge is -2.02. The molecule has 0 saturated heterocycles. The van der Waals surface area contributed by atoms with Gasteiger partial charge < -0.3 is 9.47 Å². The molecule has 4 nitrogen and oxygen atoms in total. The number of benzene rings is 1. The van der Waals surface area contributed by atoms with Gasteiger partial charge in [0.2, 0.25) is 5.88 Å². The van der Waals surface area contributed by atoms with Crippen LogP contribution in [0.3, 0.4) is 0 Å². The Hall–Kier alpha value is -1.40. The zero-order valence-corrected chi connectivity index (χ0v) is 11.2. The number of aromatic nitrogens is 1. The quantitative estimate of drug-likeness (QED) is 0.793. The van der Waals surface area contributed by atoms with Crippen molar-refractivity contribution < 1.29 is 14.3 Å². The van der Waals surface area contributed by atoms with Crippen LogP contribution >= 0.6 is 27.3 Å². The molecule has 0 spiro atoms. The third-order valence-electron chi connectivity index (χ3n) is 1.95. The molecule has 6 heteroatoms. The Kier molecular flexibility index (Phi) is 3.75. The normalized spacial score (nSPS) is 10.0. The third kappa shape index (κ3) is 2.83. The summed E-state index contributed by atoms with van der Waals surface area (Å²) in [5.41, 5.74) is 0.939. The van der Waals surface area contributed by atoms with Crippen molar-refractivity contribution in [1.29, 1.82) is 0 Å². The number of halogens is 1. The lowest BCUT2D eigenvalue weighted by Crippen LogP contribution is -2.07. The van der Waals surface area contributed by atoms with Gasteiger partial charge in [0.25, 0.3) is 0 Å². The van der Waals surface area contributed by atoms with E-state index in [0.29, 0.717) is 3.92 Å². The molecular formula is C11H8BrNO3S. The van der Waals surface area contributed by atoms with Crippen LogP contribution in [0, 0.1) is 0 Å². The van der Waals surface area contributed by atoms with Crippen molar-refractivity contribution in [3.05, 3.63) is 34.2 Å². The molecule has 0 aliphatic carbocycles. The van der Waals surface area contributed by atoms with Gasteiger partial charge in [-0.05, 0) is 21.5 Å². The first-order valence-corrected chi connectivity index (χ1v) is 6.29. The van der Waals surface area contributed by atoms with E-state index in [9.17, 15) is 4.79 Å². The number of thiazole rings is 1. The Labute approximate surface area is 110 Å². The molecule has 0 unspecified atom stereocenters. The van der Waals surface area contributed by atoms with E-state index in [2.05, 4.69) is 25.7 Å². The highest BCUT2D eigenvalue weighted by Crippen LogP contribution is 2.37. The Balaban J connectivity index is 2.37. The lowest BCUT2D eigenvalue weighted by molar-refractivity contribution is 0.120. The zero-order valence-electron chi connectivity index (χ0n) is 8.84. The van der Waals surface area contributed by atoms with Crippen molar-refractivity contribution in [2.45, 2.75) is 0 Å². The lowest BCUT2D eigenvalue weighted by atomic mass is 10.2. The van der Waals surface area contributed by atoms with Gasteiger partial charge in [-0.15, -0.1) is 11.3 Å². The van der Waals surface area contributed by atoms with Crippen LogP contribution in [0.25, 0.3) is 10.4 Å². The summed E-state index contributed by atoms with van der Waals surface area (Å²) in [6.45, 7) is 0. The van der Waals surface area contributed by atoms with Crippen molar-refractivity contribution in [2.75, 3.05) is 7.11 Å². The monoisotopic (exact) mass is 313 g/mol. The fourth-order valence-electron chi connectivity index (χ4n) is 1.24. The van der Waals surface area contributed by atoms with Gasteiger partial charge in [0, 0.05) is 0 Å². The molecule has 2 rings (SSSR count). The van der Waals surface area contributed by atoms with Gasteiger partial charge in [0.1, 0.15) is 0 Å². The van der Waals surface area contributed by atoms with Gasteiger partial charge in [-0.3, -0.25) is 0 Å². The number of nitrogens with zero attached hydrogens (tertiary/aromatic N) is 1. The molecule has 0 atom stereocenters. The second-order valence-corrected chi connectivity index (χ2v) is 5.30. The fraction of sp³-hybridized carbons (Fsp3) is 0.0909. The Morgan fingerprint density at radius 3 is 2.71 bits per heavy atom. The van der Waals surface area contributed by atoms with E-state index < -0.39 is 6.16 Å². The summed E-state index contributed by atoms with van der Waals surface area (Å²) in [5, 5.41) is 0. The number of hydrogen-bond donors (Lipinski definition) is 0. The first-order valence-electron chi connectivity index (χ1n) is 4.68. The minimum Gasteiger partial charge on any atom is -0.437 e. The summed E-state index contributed by atoms with van der Waals surface area (Å²) in [6.07, 6.45) is -0.778. The Bertz CT molecular complexity index is 527. The van der Waals surface area contributed by atoms with Crippen LogP contribution in [-0.4, -0.2) is 18.2 Å². The molecule has 0 N–H and O–H groups in total. The van der Waals surface area contributed by atoms with E-state index in [-0.39, 0.29) is 5.88 Å². The molecule has 0 radical (unpaired) electrons. The van der Waals surface area contributed by atoms with Crippen LogP contribution in [0.1, 0.15) is 0 Å². The maximum atomic E-state index is 11.1. The predicted molar refractivity (Wildman–Crippen MR) is 68.3 cm³/mol. The summed E-state index contributed by atoms with van der Waals surface area (Å²) in [7, 11) is 1.26. The molecule has 0 aliphatic rings. The Morgan fingerprint density at radius 1 is 1.35 bits per heavy atom. The molecule has 0 bridgehead atoms. The van der Waals surface area contributed by atoms with Crippen molar-refractivity contribution in [3.8, 4) is 16.3 Å². The van der Waals surface area contributed by atoms with E-state index in [1.54, 1.807) is 0 Å². The van der Waals surface area contributed by atoms with E-state index in [0.717, 1.165) is 10.4 Å². The first kappa shape index (κ1) is 12.1. The fourth-order valence-corrected chi connectivity index (χ4v) is 2.62. The average molecular weight is 314 g/mol. The highest BCUT2D eigenvalue weighted by molar-refractivity contribution is 9.11. The van der Waals surface area contributed by atoms with E-state index >= 15 is 0 Å². The highest BCUT2D eigenvalue weighted by Gasteiger charge is 2.16. The van der Waals surface area contributed by atoms with Crippen LogP contribution in [0.4, 0.5) is 4.79 Å². The standard InChI is InChI=1S/C11H8BrNO3S/c1-15-11(14)16-9-8(17-10(12)13-9)7-5-3-2-4-6-7/h2-6H,1H3. The van der Waals surface area contributed by atoms with Crippen LogP contribution in [0.2, 0.25) is 0 Å². The maximum absolute atomic E-state index is 11.1. The number of hydrogen-bond acceptors (Lipinski definition) is 5. The van der Waals surface area contributed by atoms with Crippen LogP contribution in [-0.2, 0) is 4.74 Å². The largest absolute Gasteiger partial charge is 0.514 e. The Morgan fingerprint density at radius 2 is 2.06 bits per heavy atom.